The number of aliphatic hydroxyl groups is 1. The monoisotopic (exact) mass is 340 g/mol. The molecular formula is C18H20N4O3. The van der Waals surface area contributed by atoms with E-state index in [0.717, 1.165) is 16.8 Å². The van der Waals surface area contributed by atoms with E-state index in [4.69, 9.17) is 9.47 Å². The first kappa shape index (κ1) is 17.0. The highest BCUT2D eigenvalue weighted by atomic mass is 16.5. The number of fused-ring (bicyclic) bond motifs is 1. The molecule has 1 aromatic heterocycles. The molecule has 1 aromatic carbocycles. The van der Waals surface area contributed by atoms with E-state index >= 15 is 0 Å². The van der Waals surface area contributed by atoms with Gasteiger partial charge in [0.1, 0.15) is 29.2 Å². The summed E-state index contributed by atoms with van der Waals surface area (Å²) in [6.07, 6.45) is -0.788. The number of aryl methyl sites for hydroxylation is 1. The molecule has 1 N–H and O–H groups in total. The summed E-state index contributed by atoms with van der Waals surface area (Å²) in [5, 5.41) is 28.6. The lowest BCUT2D eigenvalue weighted by atomic mass is 9.94. The standard InChI is InChI=1S/C18H20N4O3/c1-10-11(2)20-21-18(12(10)7-19)22-8-13-15(24-3)5-6-16(25-4)17(13)14(23)9-22/h5-6,14,23H,8-9H2,1-4H3/t14-/m0/s1. The average molecular weight is 340 g/mol. The molecule has 1 aliphatic heterocycles. The molecule has 1 atom stereocenters. The van der Waals surface area contributed by atoms with Gasteiger partial charge in [-0.25, -0.2) is 0 Å². The highest BCUT2D eigenvalue weighted by molar-refractivity contribution is 5.61. The van der Waals surface area contributed by atoms with E-state index < -0.39 is 6.10 Å². The number of nitriles is 1. The fourth-order valence-corrected chi connectivity index (χ4v) is 3.19. The summed E-state index contributed by atoms with van der Waals surface area (Å²) < 4.78 is 10.8. The van der Waals surface area contributed by atoms with Gasteiger partial charge in [-0.05, 0) is 31.5 Å². The summed E-state index contributed by atoms with van der Waals surface area (Å²) in [6, 6.07) is 5.81. The van der Waals surface area contributed by atoms with E-state index in [1.165, 1.54) is 0 Å². The van der Waals surface area contributed by atoms with E-state index in [-0.39, 0.29) is 0 Å². The van der Waals surface area contributed by atoms with Gasteiger partial charge in [0.25, 0.3) is 0 Å². The van der Waals surface area contributed by atoms with Crippen LogP contribution in [-0.2, 0) is 6.54 Å². The van der Waals surface area contributed by atoms with Gasteiger partial charge in [-0.3, -0.25) is 0 Å². The van der Waals surface area contributed by atoms with Crippen molar-refractivity contribution >= 4 is 5.82 Å². The molecule has 0 spiro atoms. The largest absolute Gasteiger partial charge is 0.496 e. The number of aromatic nitrogens is 2. The molecule has 0 aliphatic carbocycles. The Labute approximate surface area is 146 Å². The van der Waals surface area contributed by atoms with Crippen molar-refractivity contribution in [3.63, 3.8) is 0 Å². The van der Waals surface area contributed by atoms with Crippen LogP contribution in [0.4, 0.5) is 5.82 Å². The highest BCUT2D eigenvalue weighted by Gasteiger charge is 2.32. The second kappa shape index (κ2) is 6.57. The van der Waals surface area contributed by atoms with Gasteiger partial charge in [0.05, 0.1) is 26.5 Å². The van der Waals surface area contributed by atoms with Crippen LogP contribution in [0.15, 0.2) is 12.1 Å². The van der Waals surface area contributed by atoms with Crippen LogP contribution < -0.4 is 14.4 Å². The maximum Gasteiger partial charge on any atom is 0.169 e. The lowest BCUT2D eigenvalue weighted by molar-refractivity contribution is 0.169. The lowest BCUT2D eigenvalue weighted by Crippen LogP contribution is -2.35. The van der Waals surface area contributed by atoms with E-state index in [1.54, 1.807) is 20.3 Å². The molecule has 0 radical (unpaired) electrons. The van der Waals surface area contributed by atoms with Crippen LogP contribution >= 0.6 is 0 Å². The zero-order valence-corrected chi connectivity index (χ0v) is 14.7. The minimum atomic E-state index is -0.788. The van der Waals surface area contributed by atoms with Crippen molar-refractivity contribution in [1.82, 2.24) is 10.2 Å². The molecule has 0 saturated heterocycles. The molecule has 130 valence electrons. The fourth-order valence-electron chi connectivity index (χ4n) is 3.19. The van der Waals surface area contributed by atoms with Crippen molar-refractivity contribution in [1.29, 1.82) is 5.26 Å². The SMILES string of the molecule is COc1ccc(OC)c2c1CN(c1nnc(C)c(C)c1C#N)C[C@@H]2O. The van der Waals surface area contributed by atoms with Gasteiger partial charge < -0.3 is 19.5 Å². The maximum absolute atomic E-state index is 10.7. The molecule has 25 heavy (non-hydrogen) atoms. The van der Waals surface area contributed by atoms with Crippen LogP contribution in [0, 0.1) is 25.2 Å². The van der Waals surface area contributed by atoms with E-state index in [9.17, 15) is 10.4 Å². The Balaban J connectivity index is 2.11. The third-order valence-electron chi connectivity index (χ3n) is 4.64. The molecule has 0 unspecified atom stereocenters. The molecule has 1 aliphatic rings. The summed E-state index contributed by atoms with van der Waals surface area (Å²) in [6.45, 7) is 4.41. The summed E-state index contributed by atoms with van der Waals surface area (Å²) >= 11 is 0. The fraction of sp³-hybridized carbons (Fsp3) is 0.389. The molecule has 0 saturated carbocycles. The molecule has 2 heterocycles. The van der Waals surface area contributed by atoms with Gasteiger partial charge in [-0.15, -0.1) is 5.10 Å². The van der Waals surface area contributed by atoms with Crippen molar-refractivity contribution in [2.45, 2.75) is 26.5 Å². The minimum Gasteiger partial charge on any atom is -0.496 e. The third-order valence-corrected chi connectivity index (χ3v) is 4.64. The molecular weight excluding hydrogens is 320 g/mol. The first-order valence-corrected chi connectivity index (χ1v) is 7.92. The van der Waals surface area contributed by atoms with Crippen LogP contribution in [0.1, 0.15) is 34.1 Å². The Morgan fingerprint density at radius 3 is 2.52 bits per heavy atom. The van der Waals surface area contributed by atoms with Crippen LogP contribution in [0.5, 0.6) is 11.5 Å². The molecule has 3 rings (SSSR count). The Hall–Kier alpha value is -2.85. The first-order chi connectivity index (χ1) is 12.0. The number of ether oxygens (including phenoxy) is 2. The summed E-state index contributed by atoms with van der Waals surface area (Å²) in [5.74, 6) is 1.75. The Kier molecular flexibility index (Phi) is 4.47. The van der Waals surface area contributed by atoms with Crippen LogP contribution in [0.2, 0.25) is 0 Å². The molecule has 0 bridgehead atoms. The second-order valence-electron chi connectivity index (χ2n) is 5.98. The maximum atomic E-state index is 10.7. The summed E-state index contributed by atoms with van der Waals surface area (Å²) in [5.41, 5.74) is 3.53. The van der Waals surface area contributed by atoms with Crippen LogP contribution in [-0.4, -0.2) is 36.1 Å². The Bertz CT molecular complexity index is 860. The van der Waals surface area contributed by atoms with Gasteiger partial charge >= 0.3 is 0 Å². The van der Waals surface area contributed by atoms with Gasteiger partial charge in [-0.2, -0.15) is 10.4 Å². The predicted octanol–water partition coefficient (Wildman–Crippen LogP) is 2.04. The molecule has 0 fully saturated rings. The average Bonchev–Trinajstić information content (AvgIpc) is 2.62. The minimum absolute atomic E-state index is 0.294. The van der Waals surface area contributed by atoms with Crippen molar-refractivity contribution in [2.24, 2.45) is 0 Å². The van der Waals surface area contributed by atoms with Gasteiger partial charge in [0, 0.05) is 17.7 Å². The molecule has 0 amide bonds. The van der Waals surface area contributed by atoms with Crippen molar-refractivity contribution in [3.8, 4) is 17.6 Å². The number of hydrogen-bond donors (Lipinski definition) is 1. The molecule has 7 heteroatoms. The van der Waals surface area contributed by atoms with E-state index in [1.807, 2.05) is 24.8 Å². The number of hydrogen-bond acceptors (Lipinski definition) is 7. The van der Waals surface area contributed by atoms with Gasteiger partial charge in [0.2, 0.25) is 0 Å². The van der Waals surface area contributed by atoms with E-state index in [0.29, 0.717) is 41.5 Å². The number of anilines is 1. The number of nitrogens with zero attached hydrogens (tertiary/aromatic N) is 4. The Morgan fingerprint density at radius 1 is 1.20 bits per heavy atom. The first-order valence-electron chi connectivity index (χ1n) is 7.92. The lowest BCUT2D eigenvalue weighted by Gasteiger charge is -2.35. The normalized spacial score (nSPS) is 16.2. The zero-order chi connectivity index (χ0) is 18.1. The number of β-amino-alcohol motifs (C(OH)–C–C–N with tert-alkyl or cyclic N) is 1. The number of benzene rings is 1. The summed E-state index contributed by atoms with van der Waals surface area (Å²) in [7, 11) is 3.16. The summed E-state index contributed by atoms with van der Waals surface area (Å²) in [4.78, 5) is 1.85. The number of aliphatic hydroxyl groups excluding tert-OH is 1. The van der Waals surface area contributed by atoms with Crippen LogP contribution in [0.3, 0.4) is 0 Å². The second-order valence-corrected chi connectivity index (χ2v) is 5.98. The van der Waals surface area contributed by atoms with Gasteiger partial charge in [0.15, 0.2) is 5.82 Å². The third kappa shape index (κ3) is 2.75. The van der Waals surface area contributed by atoms with Crippen LogP contribution in [0.25, 0.3) is 0 Å². The highest BCUT2D eigenvalue weighted by Crippen LogP contribution is 2.40. The number of methoxy groups -OCH3 is 2. The topological polar surface area (TPSA) is 91.5 Å². The van der Waals surface area contributed by atoms with Crippen molar-refractivity contribution < 1.29 is 14.6 Å². The zero-order valence-electron chi connectivity index (χ0n) is 14.7. The predicted molar refractivity (Wildman–Crippen MR) is 91.8 cm³/mol. The van der Waals surface area contributed by atoms with E-state index in [2.05, 4.69) is 16.3 Å². The number of rotatable bonds is 3. The Morgan fingerprint density at radius 2 is 1.88 bits per heavy atom. The van der Waals surface area contributed by atoms with Gasteiger partial charge in [-0.1, -0.05) is 0 Å². The smallest absolute Gasteiger partial charge is 0.169 e. The molecule has 2 aromatic rings. The molecule has 7 nitrogen and oxygen atoms in total. The van der Waals surface area contributed by atoms with Crippen molar-refractivity contribution in [2.75, 3.05) is 25.7 Å². The van der Waals surface area contributed by atoms with Crippen molar-refractivity contribution in [3.05, 3.63) is 40.1 Å². The quantitative estimate of drug-likeness (QED) is 0.914.